The Morgan fingerprint density at radius 3 is 2.82 bits per heavy atom. The molecular weight excluding hydrogens is 222 g/mol. The van der Waals surface area contributed by atoms with Crippen molar-refractivity contribution in [2.24, 2.45) is 0 Å². The molecule has 90 valence electrons. The fourth-order valence-electron chi connectivity index (χ4n) is 1.82. The van der Waals surface area contributed by atoms with E-state index in [0.717, 1.165) is 5.52 Å². The average molecular weight is 235 g/mol. The second-order valence-electron chi connectivity index (χ2n) is 3.63. The van der Waals surface area contributed by atoms with E-state index in [-0.39, 0.29) is 12.4 Å². The first-order valence-corrected chi connectivity index (χ1v) is 5.08. The largest absolute Gasteiger partial charge is 0.508 e. The molecular formula is C12H13NO4. The van der Waals surface area contributed by atoms with Crippen LogP contribution in [0.1, 0.15) is 16.1 Å². The monoisotopic (exact) mass is 235 g/mol. The third kappa shape index (κ3) is 1.97. The number of H-pyrrole nitrogens is 1. The highest BCUT2D eigenvalue weighted by Gasteiger charge is 2.19. The zero-order valence-corrected chi connectivity index (χ0v) is 9.61. The van der Waals surface area contributed by atoms with Crippen LogP contribution >= 0.6 is 0 Å². The quantitative estimate of drug-likeness (QED) is 0.796. The van der Waals surface area contributed by atoms with Gasteiger partial charge >= 0.3 is 5.97 Å². The lowest BCUT2D eigenvalue weighted by atomic mass is 10.1. The fraction of sp³-hybridized carbons (Fsp3) is 0.250. The molecule has 17 heavy (non-hydrogen) atoms. The van der Waals surface area contributed by atoms with Crippen LogP contribution in [-0.4, -0.2) is 30.3 Å². The molecule has 0 amide bonds. The normalized spacial score (nSPS) is 10.7. The van der Waals surface area contributed by atoms with Crippen LogP contribution in [0, 0.1) is 0 Å². The van der Waals surface area contributed by atoms with Crippen molar-refractivity contribution >= 4 is 16.9 Å². The van der Waals surface area contributed by atoms with E-state index in [1.807, 2.05) is 0 Å². The Bertz CT molecular complexity index is 559. The van der Waals surface area contributed by atoms with E-state index in [4.69, 9.17) is 9.47 Å². The van der Waals surface area contributed by atoms with Crippen molar-refractivity contribution < 1.29 is 19.4 Å². The Kier molecular flexibility index (Phi) is 3.01. The maximum Gasteiger partial charge on any atom is 0.340 e. The first-order valence-electron chi connectivity index (χ1n) is 5.08. The summed E-state index contributed by atoms with van der Waals surface area (Å²) in [6.45, 7) is 0.278. The molecule has 1 heterocycles. The van der Waals surface area contributed by atoms with Gasteiger partial charge in [0.25, 0.3) is 0 Å². The van der Waals surface area contributed by atoms with Gasteiger partial charge in [-0.1, -0.05) is 0 Å². The second kappa shape index (κ2) is 4.47. The number of rotatable bonds is 3. The standard InChI is InChI=1S/C12H13NO4/c1-16-6-10-11(12(15)17-2)8-5-7(14)3-4-9(8)13-10/h3-5,13-14H,6H2,1-2H3. The summed E-state index contributed by atoms with van der Waals surface area (Å²) in [5, 5.41) is 10.1. The van der Waals surface area contributed by atoms with E-state index in [1.54, 1.807) is 19.2 Å². The number of aromatic amines is 1. The molecule has 1 aromatic carbocycles. The summed E-state index contributed by atoms with van der Waals surface area (Å²) in [6, 6.07) is 4.78. The van der Waals surface area contributed by atoms with Gasteiger partial charge in [-0.25, -0.2) is 4.79 Å². The minimum absolute atomic E-state index is 0.102. The van der Waals surface area contributed by atoms with Crippen LogP contribution in [0.25, 0.3) is 10.9 Å². The maximum atomic E-state index is 11.7. The summed E-state index contributed by atoms with van der Waals surface area (Å²) in [7, 11) is 2.87. The van der Waals surface area contributed by atoms with E-state index in [1.165, 1.54) is 13.2 Å². The van der Waals surface area contributed by atoms with Gasteiger partial charge in [-0.15, -0.1) is 0 Å². The summed E-state index contributed by atoms with van der Waals surface area (Å²) in [4.78, 5) is 14.8. The third-order valence-corrected chi connectivity index (χ3v) is 2.54. The predicted octanol–water partition coefficient (Wildman–Crippen LogP) is 1.81. The highest BCUT2D eigenvalue weighted by Crippen LogP contribution is 2.27. The number of hydrogen-bond donors (Lipinski definition) is 2. The van der Waals surface area contributed by atoms with E-state index in [9.17, 15) is 9.90 Å². The van der Waals surface area contributed by atoms with Crippen molar-refractivity contribution in [3.8, 4) is 5.75 Å². The maximum absolute atomic E-state index is 11.7. The summed E-state index contributed by atoms with van der Waals surface area (Å²) in [6.07, 6.45) is 0. The predicted molar refractivity (Wildman–Crippen MR) is 62.0 cm³/mol. The van der Waals surface area contributed by atoms with Gasteiger partial charge in [0.2, 0.25) is 0 Å². The zero-order valence-electron chi connectivity index (χ0n) is 9.61. The molecule has 2 aromatic rings. The number of methoxy groups -OCH3 is 2. The molecule has 0 fully saturated rings. The number of aromatic hydroxyl groups is 1. The van der Waals surface area contributed by atoms with Crippen molar-refractivity contribution in [2.75, 3.05) is 14.2 Å². The van der Waals surface area contributed by atoms with Gasteiger partial charge < -0.3 is 19.6 Å². The number of phenolic OH excluding ortho intramolecular Hbond substituents is 1. The van der Waals surface area contributed by atoms with Crippen molar-refractivity contribution in [1.82, 2.24) is 4.98 Å². The van der Waals surface area contributed by atoms with Crippen LogP contribution in [0.4, 0.5) is 0 Å². The van der Waals surface area contributed by atoms with Gasteiger partial charge in [-0.3, -0.25) is 0 Å². The zero-order chi connectivity index (χ0) is 12.4. The Hall–Kier alpha value is -2.01. The number of esters is 1. The first-order chi connectivity index (χ1) is 8.17. The molecule has 0 unspecified atom stereocenters. The SMILES string of the molecule is COCc1[nH]c2ccc(O)cc2c1C(=O)OC. The molecule has 1 aromatic heterocycles. The smallest absolute Gasteiger partial charge is 0.340 e. The lowest BCUT2D eigenvalue weighted by Gasteiger charge is -2.01. The third-order valence-electron chi connectivity index (χ3n) is 2.54. The summed E-state index contributed by atoms with van der Waals surface area (Å²) < 4.78 is 9.75. The molecule has 2 rings (SSSR count). The Labute approximate surface area is 98.0 Å². The van der Waals surface area contributed by atoms with Crippen molar-refractivity contribution in [3.05, 3.63) is 29.5 Å². The van der Waals surface area contributed by atoms with E-state index in [2.05, 4.69) is 4.98 Å². The molecule has 0 spiro atoms. The van der Waals surface area contributed by atoms with Gasteiger partial charge in [-0.05, 0) is 18.2 Å². The molecule has 5 nitrogen and oxygen atoms in total. The number of aromatic nitrogens is 1. The minimum atomic E-state index is -0.450. The van der Waals surface area contributed by atoms with Gasteiger partial charge in [-0.2, -0.15) is 0 Å². The molecule has 2 N–H and O–H groups in total. The van der Waals surface area contributed by atoms with Gasteiger partial charge in [0.1, 0.15) is 5.75 Å². The summed E-state index contributed by atoms with van der Waals surface area (Å²) >= 11 is 0. The Morgan fingerprint density at radius 1 is 1.41 bits per heavy atom. The highest BCUT2D eigenvalue weighted by molar-refractivity contribution is 6.05. The highest BCUT2D eigenvalue weighted by atomic mass is 16.5. The van der Waals surface area contributed by atoms with Crippen LogP contribution in [0.2, 0.25) is 0 Å². The van der Waals surface area contributed by atoms with Crippen molar-refractivity contribution in [1.29, 1.82) is 0 Å². The first kappa shape index (κ1) is 11.5. The number of ether oxygens (including phenoxy) is 2. The number of hydrogen-bond acceptors (Lipinski definition) is 4. The molecule has 0 aliphatic heterocycles. The second-order valence-corrected chi connectivity index (χ2v) is 3.63. The Balaban J connectivity index is 2.68. The molecule has 5 heteroatoms. The van der Waals surface area contributed by atoms with E-state index >= 15 is 0 Å². The van der Waals surface area contributed by atoms with E-state index in [0.29, 0.717) is 16.6 Å². The average Bonchev–Trinajstić information content (AvgIpc) is 2.66. The number of fused-ring (bicyclic) bond motifs is 1. The van der Waals surface area contributed by atoms with Crippen LogP contribution in [0.3, 0.4) is 0 Å². The number of nitrogens with one attached hydrogen (secondary N) is 1. The minimum Gasteiger partial charge on any atom is -0.508 e. The molecule has 0 bridgehead atoms. The summed E-state index contributed by atoms with van der Waals surface area (Å²) in [5.41, 5.74) is 1.80. The van der Waals surface area contributed by atoms with Crippen LogP contribution in [0.5, 0.6) is 5.75 Å². The van der Waals surface area contributed by atoms with Crippen LogP contribution < -0.4 is 0 Å². The molecule has 0 aliphatic carbocycles. The topological polar surface area (TPSA) is 71.5 Å². The fourth-order valence-corrected chi connectivity index (χ4v) is 1.82. The molecule has 0 saturated heterocycles. The lowest BCUT2D eigenvalue weighted by molar-refractivity contribution is 0.0598. The van der Waals surface area contributed by atoms with Crippen molar-refractivity contribution in [2.45, 2.75) is 6.61 Å². The number of carbonyl (C=O) groups is 1. The number of carbonyl (C=O) groups excluding carboxylic acids is 1. The van der Waals surface area contributed by atoms with Gasteiger partial charge in [0.15, 0.2) is 0 Å². The number of benzene rings is 1. The van der Waals surface area contributed by atoms with Crippen LogP contribution in [0.15, 0.2) is 18.2 Å². The summed E-state index contributed by atoms with van der Waals surface area (Å²) in [5.74, 6) is -0.348. The van der Waals surface area contributed by atoms with Crippen molar-refractivity contribution in [3.63, 3.8) is 0 Å². The lowest BCUT2D eigenvalue weighted by Crippen LogP contribution is -2.04. The van der Waals surface area contributed by atoms with Gasteiger partial charge in [0.05, 0.1) is 25.0 Å². The number of phenols is 1. The van der Waals surface area contributed by atoms with E-state index < -0.39 is 5.97 Å². The van der Waals surface area contributed by atoms with Crippen LogP contribution in [-0.2, 0) is 16.1 Å². The van der Waals surface area contributed by atoms with Gasteiger partial charge in [0, 0.05) is 18.0 Å². The molecule has 0 atom stereocenters. The molecule has 0 radical (unpaired) electrons. The molecule has 0 aliphatic rings. The molecule has 0 saturated carbocycles. The Morgan fingerprint density at radius 2 is 2.18 bits per heavy atom.